The van der Waals surface area contributed by atoms with Gasteiger partial charge in [-0.2, -0.15) is 0 Å². The van der Waals surface area contributed by atoms with Gasteiger partial charge < -0.3 is 15.0 Å². The van der Waals surface area contributed by atoms with E-state index >= 15 is 0 Å². The van der Waals surface area contributed by atoms with Gasteiger partial charge in [-0.1, -0.05) is 42.5 Å². The first kappa shape index (κ1) is 19.1. The molecule has 0 aliphatic carbocycles. The molecule has 1 aliphatic rings. The molecule has 2 aromatic carbocycles. The lowest BCUT2D eigenvalue weighted by Crippen LogP contribution is -2.42. The number of hydrogen-bond acceptors (Lipinski definition) is 5. The number of anilines is 1. The van der Waals surface area contributed by atoms with Crippen molar-refractivity contribution in [2.45, 2.75) is 19.5 Å². The van der Waals surface area contributed by atoms with Crippen LogP contribution in [0.3, 0.4) is 0 Å². The lowest BCUT2D eigenvalue weighted by molar-refractivity contribution is -0.122. The van der Waals surface area contributed by atoms with E-state index in [2.05, 4.69) is 10.3 Å². The number of nitrogens with zero attached hydrogens (tertiary/aromatic N) is 3. The van der Waals surface area contributed by atoms with Gasteiger partial charge in [0.15, 0.2) is 5.82 Å². The van der Waals surface area contributed by atoms with Gasteiger partial charge in [0, 0.05) is 13.1 Å². The van der Waals surface area contributed by atoms with Crippen LogP contribution in [0.5, 0.6) is 0 Å². The number of ether oxygens (including phenoxy) is 1. The number of aromatic nitrogens is 2. The van der Waals surface area contributed by atoms with Crippen molar-refractivity contribution >= 4 is 22.8 Å². The summed E-state index contributed by atoms with van der Waals surface area (Å²) in [5.41, 5.74) is 2.10. The summed E-state index contributed by atoms with van der Waals surface area (Å²) in [6.07, 6.45) is 0. The topological polar surface area (TPSA) is 76.5 Å². The highest BCUT2D eigenvalue weighted by Crippen LogP contribution is 2.16. The second kappa shape index (κ2) is 8.45. The van der Waals surface area contributed by atoms with E-state index in [0.717, 1.165) is 5.56 Å². The molecule has 7 nitrogen and oxygen atoms in total. The fourth-order valence-corrected chi connectivity index (χ4v) is 3.57. The molecule has 3 aromatic rings. The van der Waals surface area contributed by atoms with Gasteiger partial charge >= 0.3 is 0 Å². The molecule has 2 heterocycles. The molecule has 0 saturated carbocycles. The van der Waals surface area contributed by atoms with Crippen molar-refractivity contribution in [3.8, 4) is 0 Å². The number of fused-ring (bicyclic) bond motifs is 1. The molecule has 0 spiro atoms. The van der Waals surface area contributed by atoms with Crippen LogP contribution >= 0.6 is 0 Å². The van der Waals surface area contributed by atoms with Crippen molar-refractivity contribution in [1.29, 1.82) is 0 Å². The van der Waals surface area contributed by atoms with Crippen molar-refractivity contribution in [2.75, 3.05) is 31.2 Å². The Bertz CT molecular complexity index is 1060. The summed E-state index contributed by atoms with van der Waals surface area (Å²) in [6, 6.07) is 17.0. The number of rotatable bonds is 5. The molecule has 0 bridgehead atoms. The zero-order valence-corrected chi connectivity index (χ0v) is 16.4. The minimum atomic E-state index is -0.256. The number of para-hydroxylation sites is 2. The molecule has 0 radical (unpaired) electrons. The molecule has 1 saturated heterocycles. The molecule has 0 unspecified atom stereocenters. The Kier molecular flexibility index (Phi) is 5.57. The molecule has 1 aliphatic heterocycles. The highest BCUT2D eigenvalue weighted by molar-refractivity contribution is 5.81. The molecule has 1 amide bonds. The first-order chi connectivity index (χ1) is 14.1. The molecule has 1 atom stereocenters. The Hall–Kier alpha value is -3.19. The number of nitrogens with one attached hydrogen (secondary N) is 1. The maximum Gasteiger partial charge on any atom is 0.294 e. The van der Waals surface area contributed by atoms with Gasteiger partial charge in [-0.25, -0.2) is 4.98 Å². The lowest BCUT2D eigenvalue weighted by Gasteiger charge is -2.28. The Morgan fingerprint density at radius 3 is 2.55 bits per heavy atom. The first-order valence-corrected chi connectivity index (χ1v) is 9.80. The normalized spacial score (nSPS) is 15.3. The van der Waals surface area contributed by atoms with Gasteiger partial charge in [-0.3, -0.25) is 14.2 Å². The van der Waals surface area contributed by atoms with Gasteiger partial charge in [0.2, 0.25) is 5.91 Å². The fourth-order valence-electron chi connectivity index (χ4n) is 3.57. The summed E-state index contributed by atoms with van der Waals surface area (Å²) in [4.78, 5) is 32.5. The van der Waals surface area contributed by atoms with Crippen molar-refractivity contribution in [3.63, 3.8) is 0 Å². The third-order valence-corrected chi connectivity index (χ3v) is 5.12. The SMILES string of the molecule is C[C@H](NC(=O)Cn1c(=O)c(N2CCOCC2)nc2ccccc21)c1ccccc1. The number of hydrogen-bond donors (Lipinski definition) is 1. The van der Waals surface area contributed by atoms with Crippen LogP contribution in [-0.2, 0) is 16.1 Å². The minimum absolute atomic E-state index is 0.0591. The first-order valence-electron chi connectivity index (χ1n) is 9.80. The molecular weight excluding hydrogens is 368 g/mol. The fraction of sp³-hybridized carbons (Fsp3) is 0.318. The number of carbonyl (C=O) groups is 1. The van der Waals surface area contributed by atoms with E-state index in [0.29, 0.717) is 43.2 Å². The van der Waals surface area contributed by atoms with Crippen LogP contribution < -0.4 is 15.8 Å². The van der Waals surface area contributed by atoms with Crippen molar-refractivity contribution in [3.05, 3.63) is 70.5 Å². The summed E-state index contributed by atoms with van der Waals surface area (Å²) in [7, 11) is 0. The van der Waals surface area contributed by atoms with Gasteiger partial charge in [0.05, 0.1) is 30.3 Å². The molecule has 7 heteroatoms. The monoisotopic (exact) mass is 392 g/mol. The largest absolute Gasteiger partial charge is 0.378 e. The van der Waals surface area contributed by atoms with E-state index in [1.807, 2.05) is 66.4 Å². The summed E-state index contributed by atoms with van der Waals surface area (Å²) < 4.78 is 6.90. The third kappa shape index (κ3) is 4.14. The Labute approximate surface area is 168 Å². The van der Waals surface area contributed by atoms with E-state index in [4.69, 9.17) is 4.74 Å². The predicted octanol–water partition coefficient (Wildman–Crippen LogP) is 2.11. The van der Waals surface area contributed by atoms with Crippen LogP contribution in [-0.4, -0.2) is 41.8 Å². The average Bonchev–Trinajstić information content (AvgIpc) is 2.76. The lowest BCUT2D eigenvalue weighted by atomic mass is 10.1. The summed E-state index contributed by atoms with van der Waals surface area (Å²) in [5.74, 6) is 0.156. The second-order valence-corrected chi connectivity index (χ2v) is 7.11. The van der Waals surface area contributed by atoms with Gasteiger partial charge in [-0.05, 0) is 24.6 Å². The third-order valence-electron chi connectivity index (χ3n) is 5.12. The highest BCUT2D eigenvalue weighted by atomic mass is 16.5. The van der Waals surface area contributed by atoms with Gasteiger partial charge in [0.1, 0.15) is 6.54 Å². The highest BCUT2D eigenvalue weighted by Gasteiger charge is 2.20. The Morgan fingerprint density at radius 2 is 1.79 bits per heavy atom. The van der Waals surface area contributed by atoms with E-state index < -0.39 is 0 Å². The van der Waals surface area contributed by atoms with Crippen molar-refractivity contribution in [2.24, 2.45) is 0 Å². The Balaban J connectivity index is 1.64. The van der Waals surface area contributed by atoms with Crippen LogP contribution in [0, 0.1) is 0 Å². The minimum Gasteiger partial charge on any atom is -0.378 e. The standard InChI is InChI=1S/C22H24N4O3/c1-16(17-7-3-2-4-8-17)23-20(27)15-26-19-10-6-5-9-18(19)24-21(22(26)28)25-11-13-29-14-12-25/h2-10,16H,11-15H2,1H3,(H,23,27)/t16-/m0/s1. The summed E-state index contributed by atoms with van der Waals surface area (Å²) >= 11 is 0. The average molecular weight is 392 g/mol. The molecule has 4 rings (SSSR count). The quantitative estimate of drug-likeness (QED) is 0.720. The summed E-state index contributed by atoms with van der Waals surface area (Å²) in [6.45, 7) is 4.21. The van der Waals surface area contributed by atoms with E-state index in [-0.39, 0.29) is 24.1 Å². The van der Waals surface area contributed by atoms with Crippen LogP contribution in [0.25, 0.3) is 11.0 Å². The molecule has 1 fully saturated rings. The molecule has 1 aromatic heterocycles. The number of amides is 1. The van der Waals surface area contributed by atoms with Crippen LogP contribution in [0.15, 0.2) is 59.4 Å². The van der Waals surface area contributed by atoms with E-state index in [9.17, 15) is 9.59 Å². The summed E-state index contributed by atoms with van der Waals surface area (Å²) in [5, 5.41) is 2.98. The van der Waals surface area contributed by atoms with Gasteiger partial charge in [-0.15, -0.1) is 0 Å². The van der Waals surface area contributed by atoms with Crippen LogP contribution in [0.4, 0.5) is 5.82 Å². The van der Waals surface area contributed by atoms with Crippen molar-refractivity contribution < 1.29 is 9.53 Å². The Morgan fingerprint density at radius 1 is 1.10 bits per heavy atom. The molecular formula is C22H24N4O3. The zero-order valence-electron chi connectivity index (χ0n) is 16.4. The number of carbonyl (C=O) groups excluding carboxylic acids is 1. The molecule has 29 heavy (non-hydrogen) atoms. The van der Waals surface area contributed by atoms with Crippen molar-refractivity contribution in [1.82, 2.24) is 14.9 Å². The maximum atomic E-state index is 13.2. The van der Waals surface area contributed by atoms with E-state index in [1.54, 1.807) is 0 Å². The maximum absolute atomic E-state index is 13.2. The molecule has 150 valence electrons. The van der Waals surface area contributed by atoms with E-state index in [1.165, 1.54) is 4.57 Å². The van der Waals surface area contributed by atoms with Gasteiger partial charge in [0.25, 0.3) is 5.56 Å². The number of benzene rings is 2. The van der Waals surface area contributed by atoms with Crippen LogP contribution in [0.1, 0.15) is 18.5 Å². The van der Waals surface area contributed by atoms with Crippen LogP contribution in [0.2, 0.25) is 0 Å². The molecule has 1 N–H and O–H groups in total. The second-order valence-electron chi connectivity index (χ2n) is 7.11. The number of morpholine rings is 1. The predicted molar refractivity (Wildman–Crippen MR) is 112 cm³/mol. The zero-order chi connectivity index (χ0) is 20.2. The smallest absolute Gasteiger partial charge is 0.294 e.